The maximum atomic E-state index is 12.4. The molecule has 0 radical (unpaired) electrons. The van der Waals surface area contributed by atoms with E-state index in [0.717, 1.165) is 10.2 Å². The molecule has 2 rings (SSSR count). The Morgan fingerprint density at radius 2 is 2.08 bits per heavy atom. The van der Waals surface area contributed by atoms with E-state index in [-0.39, 0.29) is 5.92 Å². The highest BCUT2D eigenvalue weighted by Crippen LogP contribution is 2.18. The van der Waals surface area contributed by atoms with Crippen LogP contribution in [0.15, 0.2) is 34.9 Å². The molecule has 0 saturated heterocycles. The van der Waals surface area contributed by atoms with Gasteiger partial charge in [0.25, 0.3) is 5.91 Å². The molecule has 0 aliphatic carbocycles. The molecule has 2 aromatic rings. The number of carboxylic acid groups (broad SMARTS) is 1. The van der Waals surface area contributed by atoms with Gasteiger partial charge in [0, 0.05) is 4.47 Å². The molecule has 1 amide bonds. The van der Waals surface area contributed by atoms with E-state index >= 15 is 0 Å². The molecule has 128 valence electrons. The van der Waals surface area contributed by atoms with Crippen LogP contribution < -0.4 is 5.32 Å². The van der Waals surface area contributed by atoms with E-state index < -0.39 is 17.9 Å². The van der Waals surface area contributed by atoms with Crippen molar-refractivity contribution in [2.24, 2.45) is 5.92 Å². The Balaban J connectivity index is 2.23. The third kappa shape index (κ3) is 4.23. The van der Waals surface area contributed by atoms with Gasteiger partial charge in [0.1, 0.15) is 6.04 Å². The van der Waals surface area contributed by atoms with E-state index in [2.05, 4.69) is 26.3 Å². The average molecular weight is 394 g/mol. The lowest BCUT2D eigenvalue weighted by Gasteiger charge is -2.16. The molecule has 0 bridgehead atoms. The minimum absolute atomic E-state index is 0.164. The molecule has 6 nitrogen and oxygen atoms in total. The van der Waals surface area contributed by atoms with Crippen molar-refractivity contribution in [2.45, 2.75) is 33.2 Å². The lowest BCUT2D eigenvalue weighted by molar-refractivity contribution is -0.139. The SMILES string of the molecule is Cc1c(C(=O)N[C@@H](CC(C)C)C(=O)O)cnn1-c1cccc(Br)c1. The van der Waals surface area contributed by atoms with Gasteiger partial charge in [-0.25, -0.2) is 9.48 Å². The smallest absolute Gasteiger partial charge is 0.326 e. The Hall–Kier alpha value is -2.15. The highest BCUT2D eigenvalue weighted by atomic mass is 79.9. The first-order valence-corrected chi connectivity index (χ1v) is 8.43. The van der Waals surface area contributed by atoms with E-state index in [1.165, 1.54) is 6.20 Å². The lowest BCUT2D eigenvalue weighted by atomic mass is 10.0. The predicted molar refractivity (Wildman–Crippen MR) is 94.3 cm³/mol. The second-order valence-corrected chi connectivity index (χ2v) is 6.94. The monoisotopic (exact) mass is 393 g/mol. The number of hydrogen-bond donors (Lipinski definition) is 2. The van der Waals surface area contributed by atoms with Crippen LogP contribution in [0, 0.1) is 12.8 Å². The van der Waals surface area contributed by atoms with E-state index in [4.69, 9.17) is 0 Å². The fourth-order valence-corrected chi connectivity index (χ4v) is 2.82. The van der Waals surface area contributed by atoms with Crippen molar-refractivity contribution in [1.29, 1.82) is 0 Å². The molecule has 1 aromatic heterocycles. The first-order chi connectivity index (χ1) is 11.3. The number of halogens is 1. The molecule has 0 aliphatic rings. The summed E-state index contributed by atoms with van der Waals surface area (Å²) in [6, 6.07) is 6.64. The summed E-state index contributed by atoms with van der Waals surface area (Å²) in [5.41, 5.74) is 1.84. The second-order valence-electron chi connectivity index (χ2n) is 6.03. The van der Waals surface area contributed by atoms with Gasteiger partial charge in [-0.15, -0.1) is 0 Å². The Morgan fingerprint density at radius 1 is 1.38 bits per heavy atom. The fourth-order valence-electron chi connectivity index (χ4n) is 2.43. The van der Waals surface area contributed by atoms with E-state index in [1.54, 1.807) is 11.6 Å². The van der Waals surface area contributed by atoms with Gasteiger partial charge in [-0.05, 0) is 37.5 Å². The van der Waals surface area contributed by atoms with E-state index in [0.29, 0.717) is 17.7 Å². The molecule has 1 heterocycles. The van der Waals surface area contributed by atoms with Gasteiger partial charge in [0.2, 0.25) is 0 Å². The van der Waals surface area contributed by atoms with Gasteiger partial charge >= 0.3 is 5.97 Å². The van der Waals surface area contributed by atoms with Crippen molar-refractivity contribution >= 4 is 27.8 Å². The summed E-state index contributed by atoms with van der Waals surface area (Å²) in [7, 11) is 0. The van der Waals surface area contributed by atoms with E-state index in [1.807, 2.05) is 38.1 Å². The van der Waals surface area contributed by atoms with Crippen molar-refractivity contribution in [3.63, 3.8) is 0 Å². The van der Waals surface area contributed by atoms with Crippen LogP contribution in [0.1, 0.15) is 36.3 Å². The first-order valence-electron chi connectivity index (χ1n) is 7.63. The van der Waals surface area contributed by atoms with Crippen LogP contribution in [-0.4, -0.2) is 32.8 Å². The van der Waals surface area contributed by atoms with Crippen molar-refractivity contribution in [3.8, 4) is 5.69 Å². The molecule has 0 unspecified atom stereocenters. The van der Waals surface area contributed by atoms with Gasteiger partial charge in [0.15, 0.2) is 0 Å². The summed E-state index contributed by atoms with van der Waals surface area (Å²) in [5, 5.41) is 16.1. The molecule has 0 aliphatic heterocycles. The molecule has 0 fully saturated rings. The van der Waals surface area contributed by atoms with Crippen LogP contribution in [0.4, 0.5) is 0 Å². The topological polar surface area (TPSA) is 84.2 Å². The minimum Gasteiger partial charge on any atom is -0.480 e. The van der Waals surface area contributed by atoms with Crippen LogP contribution in [0.5, 0.6) is 0 Å². The first kappa shape index (κ1) is 18.2. The number of aliphatic carboxylic acids is 1. The zero-order valence-electron chi connectivity index (χ0n) is 13.8. The van der Waals surface area contributed by atoms with Crippen molar-refractivity contribution in [3.05, 3.63) is 46.2 Å². The number of hydrogen-bond acceptors (Lipinski definition) is 3. The number of carbonyl (C=O) groups excluding carboxylic acids is 1. The number of amides is 1. The molecular weight excluding hydrogens is 374 g/mol. The number of rotatable bonds is 6. The Bertz CT molecular complexity index is 755. The highest BCUT2D eigenvalue weighted by molar-refractivity contribution is 9.10. The summed E-state index contributed by atoms with van der Waals surface area (Å²) in [4.78, 5) is 23.7. The minimum atomic E-state index is -1.03. The Kier molecular flexibility index (Phi) is 5.77. The zero-order chi connectivity index (χ0) is 17.9. The molecule has 7 heteroatoms. The average Bonchev–Trinajstić information content (AvgIpc) is 2.87. The number of nitrogens with one attached hydrogen (secondary N) is 1. The lowest BCUT2D eigenvalue weighted by Crippen LogP contribution is -2.41. The molecule has 24 heavy (non-hydrogen) atoms. The van der Waals surface area contributed by atoms with E-state index in [9.17, 15) is 14.7 Å². The zero-order valence-corrected chi connectivity index (χ0v) is 15.4. The van der Waals surface area contributed by atoms with Crippen molar-refractivity contribution in [1.82, 2.24) is 15.1 Å². The summed E-state index contributed by atoms with van der Waals surface area (Å²) >= 11 is 3.41. The van der Waals surface area contributed by atoms with Gasteiger partial charge in [-0.2, -0.15) is 5.10 Å². The predicted octanol–water partition coefficient (Wildman–Crippen LogP) is 3.17. The van der Waals surface area contributed by atoms with Gasteiger partial charge < -0.3 is 10.4 Å². The third-order valence-corrected chi connectivity index (χ3v) is 4.11. The fraction of sp³-hybridized carbons (Fsp3) is 0.353. The molecule has 1 aromatic carbocycles. The largest absolute Gasteiger partial charge is 0.480 e. The molecule has 0 spiro atoms. The number of aromatic nitrogens is 2. The molecule has 0 saturated carbocycles. The maximum Gasteiger partial charge on any atom is 0.326 e. The number of benzene rings is 1. The summed E-state index contributed by atoms with van der Waals surface area (Å²) in [6.45, 7) is 5.61. The third-order valence-electron chi connectivity index (χ3n) is 3.62. The molecule has 2 N–H and O–H groups in total. The van der Waals surface area contributed by atoms with Crippen molar-refractivity contribution < 1.29 is 14.7 Å². The van der Waals surface area contributed by atoms with Crippen LogP contribution in [-0.2, 0) is 4.79 Å². The maximum absolute atomic E-state index is 12.4. The van der Waals surface area contributed by atoms with Gasteiger partial charge in [-0.3, -0.25) is 4.79 Å². The number of carbonyl (C=O) groups is 2. The summed E-state index contributed by atoms with van der Waals surface area (Å²) < 4.78 is 2.56. The molecule has 1 atom stereocenters. The Morgan fingerprint density at radius 3 is 2.67 bits per heavy atom. The van der Waals surface area contributed by atoms with Crippen LogP contribution in [0.25, 0.3) is 5.69 Å². The Labute approximate surface area is 149 Å². The molecular formula is C17H20BrN3O3. The van der Waals surface area contributed by atoms with Crippen LogP contribution in [0.3, 0.4) is 0 Å². The number of nitrogens with zero attached hydrogens (tertiary/aromatic N) is 2. The normalized spacial score (nSPS) is 12.2. The van der Waals surface area contributed by atoms with Gasteiger partial charge in [0.05, 0.1) is 23.1 Å². The second kappa shape index (κ2) is 7.61. The van der Waals surface area contributed by atoms with Crippen molar-refractivity contribution in [2.75, 3.05) is 0 Å². The number of carboxylic acids is 1. The highest BCUT2D eigenvalue weighted by Gasteiger charge is 2.24. The quantitative estimate of drug-likeness (QED) is 0.788. The summed E-state index contributed by atoms with van der Waals surface area (Å²) in [5.74, 6) is -1.30. The standard InChI is InChI=1S/C17H20BrN3O3/c1-10(2)7-15(17(23)24)20-16(22)14-9-19-21(11(14)3)13-6-4-5-12(18)8-13/h4-6,8-10,15H,7H2,1-3H3,(H,20,22)(H,23,24)/t15-/m0/s1. The van der Waals surface area contributed by atoms with Crippen LogP contribution >= 0.6 is 15.9 Å². The van der Waals surface area contributed by atoms with Gasteiger partial charge in [-0.1, -0.05) is 35.8 Å². The summed E-state index contributed by atoms with van der Waals surface area (Å²) in [6.07, 6.45) is 1.83. The van der Waals surface area contributed by atoms with Crippen LogP contribution in [0.2, 0.25) is 0 Å².